The minimum Gasteiger partial charge on any atom is -0.495 e. The first-order valence-electron chi connectivity index (χ1n) is 7.02. The van der Waals surface area contributed by atoms with Gasteiger partial charge in [-0.05, 0) is 53.2 Å². The summed E-state index contributed by atoms with van der Waals surface area (Å²) in [5.74, 6) is -1.23. The molecule has 0 fully saturated rings. The normalized spacial score (nSPS) is 11.5. The van der Waals surface area contributed by atoms with E-state index in [-0.39, 0.29) is 10.0 Å². The van der Waals surface area contributed by atoms with Crippen molar-refractivity contribution in [2.75, 3.05) is 12.4 Å². The summed E-state index contributed by atoms with van der Waals surface area (Å²) < 4.78 is 23.6. The Hall–Kier alpha value is -2.41. The topological polar surface area (TPSA) is 64.6 Å². The SMILES string of the molecule is COc1ccccc1NC(=O)[C@H](C)OC(=O)c1ccc(F)cc1Br. The fourth-order valence-corrected chi connectivity index (χ4v) is 2.43. The largest absolute Gasteiger partial charge is 0.495 e. The highest BCUT2D eigenvalue weighted by Gasteiger charge is 2.21. The number of anilines is 1. The molecule has 0 radical (unpaired) electrons. The summed E-state index contributed by atoms with van der Waals surface area (Å²) in [7, 11) is 1.49. The molecule has 0 aliphatic heterocycles. The van der Waals surface area contributed by atoms with Gasteiger partial charge in [-0.1, -0.05) is 12.1 Å². The molecule has 126 valence electrons. The van der Waals surface area contributed by atoms with Gasteiger partial charge in [0.2, 0.25) is 0 Å². The second kappa shape index (κ2) is 7.92. The number of rotatable bonds is 5. The second-order valence-corrected chi connectivity index (χ2v) is 5.72. The maximum absolute atomic E-state index is 13.1. The molecule has 0 heterocycles. The monoisotopic (exact) mass is 395 g/mol. The Kier molecular flexibility index (Phi) is 5.92. The predicted octanol–water partition coefficient (Wildman–Crippen LogP) is 3.78. The zero-order valence-electron chi connectivity index (χ0n) is 13.0. The van der Waals surface area contributed by atoms with Gasteiger partial charge in [-0.3, -0.25) is 4.79 Å². The smallest absolute Gasteiger partial charge is 0.340 e. The second-order valence-electron chi connectivity index (χ2n) is 4.86. The van der Waals surface area contributed by atoms with Crippen molar-refractivity contribution in [3.05, 3.63) is 58.3 Å². The highest BCUT2D eigenvalue weighted by atomic mass is 79.9. The molecular weight excluding hydrogens is 381 g/mol. The minimum absolute atomic E-state index is 0.133. The molecule has 0 saturated carbocycles. The number of para-hydroxylation sites is 2. The maximum Gasteiger partial charge on any atom is 0.340 e. The highest BCUT2D eigenvalue weighted by molar-refractivity contribution is 9.10. The van der Waals surface area contributed by atoms with E-state index >= 15 is 0 Å². The van der Waals surface area contributed by atoms with Crippen molar-refractivity contribution >= 4 is 33.5 Å². The van der Waals surface area contributed by atoms with Crippen molar-refractivity contribution in [3.8, 4) is 5.75 Å². The number of amides is 1. The number of carbonyl (C=O) groups excluding carboxylic acids is 2. The third-order valence-electron chi connectivity index (χ3n) is 3.17. The Bertz CT molecular complexity index is 766. The molecule has 0 aliphatic carbocycles. The molecule has 7 heteroatoms. The Labute approximate surface area is 146 Å². The van der Waals surface area contributed by atoms with Crippen molar-refractivity contribution in [2.45, 2.75) is 13.0 Å². The van der Waals surface area contributed by atoms with Crippen LogP contribution >= 0.6 is 15.9 Å². The minimum atomic E-state index is -1.04. The fourth-order valence-electron chi connectivity index (χ4n) is 1.91. The summed E-state index contributed by atoms with van der Waals surface area (Å²) in [6.45, 7) is 1.44. The van der Waals surface area contributed by atoms with Gasteiger partial charge in [0.25, 0.3) is 5.91 Å². The van der Waals surface area contributed by atoms with Crippen LogP contribution in [0.25, 0.3) is 0 Å². The predicted molar refractivity (Wildman–Crippen MR) is 90.6 cm³/mol. The zero-order valence-corrected chi connectivity index (χ0v) is 14.6. The Balaban J connectivity index is 2.04. The maximum atomic E-state index is 13.1. The Morgan fingerprint density at radius 3 is 2.58 bits per heavy atom. The summed E-state index contributed by atoms with van der Waals surface area (Å²) in [6.07, 6.45) is -1.04. The van der Waals surface area contributed by atoms with E-state index in [0.717, 1.165) is 12.1 Å². The molecule has 24 heavy (non-hydrogen) atoms. The standard InChI is InChI=1S/C17H15BrFNO4/c1-10(16(21)20-14-5-3-4-6-15(14)23-2)24-17(22)12-8-7-11(19)9-13(12)18/h3-10H,1-2H3,(H,20,21)/t10-/m0/s1. The lowest BCUT2D eigenvalue weighted by atomic mass is 10.2. The lowest BCUT2D eigenvalue weighted by molar-refractivity contribution is -0.123. The first kappa shape index (κ1) is 17.9. The summed E-state index contributed by atoms with van der Waals surface area (Å²) in [5, 5.41) is 2.63. The van der Waals surface area contributed by atoms with Gasteiger partial charge in [-0.15, -0.1) is 0 Å². The molecule has 2 aromatic rings. The number of halogens is 2. The average molecular weight is 396 g/mol. The van der Waals surface area contributed by atoms with E-state index < -0.39 is 23.8 Å². The van der Waals surface area contributed by atoms with Crippen LogP contribution in [0.15, 0.2) is 46.9 Å². The third kappa shape index (κ3) is 4.32. The summed E-state index contributed by atoms with van der Waals surface area (Å²) in [4.78, 5) is 24.3. The van der Waals surface area contributed by atoms with E-state index in [2.05, 4.69) is 21.2 Å². The van der Waals surface area contributed by atoms with Crippen molar-refractivity contribution in [3.63, 3.8) is 0 Å². The number of hydrogen-bond donors (Lipinski definition) is 1. The molecule has 5 nitrogen and oxygen atoms in total. The number of benzene rings is 2. The van der Waals surface area contributed by atoms with E-state index in [9.17, 15) is 14.0 Å². The molecular formula is C17H15BrFNO4. The zero-order chi connectivity index (χ0) is 17.7. The number of hydrogen-bond acceptors (Lipinski definition) is 4. The van der Waals surface area contributed by atoms with Crippen molar-refractivity contribution in [2.24, 2.45) is 0 Å². The first-order valence-corrected chi connectivity index (χ1v) is 7.81. The Morgan fingerprint density at radius 2 is 1.92 bits per heavy atom. The number of nitrogens with one attached hydrogen (secondary N) is 1. The van der Waals surface area contributed by atoms with Gasteiger partial charge >= 0.3 is 5.97 Å². The van der Waals surface area contributed by atoms with Crippen molar-refractivity contribution < 1.29 is 23.5 Å². The van der Waals surface area contributed by atoms with E-state index in [1.54, 1.807) is 24.3 Å². The van der Waals surface area contributed by atoms with Crippen LogP contribution in [0.5, 0.6) is 5.75 Å². The van der Waals surface area contributed by atoms with Gasteiger partial charge in [0.05, 0.1) is 18.4 Å². The van der Waals surface area contributed by atoms with Crippen molar-refractivity contribution in [1.82, 2.24) is 0 Å². The molecule has 0 bridgehead atoms. The van der Waals surface area contributed by atoms with Crippen LogP contribution in [0.1, 0.15) is 17.3 Å². The van der Waals surface area contributed by atoms with E-state index in [1.165, 1.54) is 20.1 Å². The summed E-state index contributed by atoms with van der Waals surface area (Å²) >= 11 is 3.09. The van der Waals surface area contributed by atoms with E-state index in [4.69, 9.17) is 9.47 Å². The van der Waals surface area contributed by atoms with Crippen LogP contribution < -0.4 is 10.1 Å². The molecule has 2 aromatic carbocycles. The van der Waals surface area contributed by atoms with Gasteiger partial charge in [0.1, 0.15) is 11.6 Å². The summed E-state index contributed by atoms with van der Waals surface area (Å²) in [6, 6.07) is 10.4. The van der Waals surface area contributed by atoms with Crippen molar-refractivity contribution in [1.29, 1.82) is 0 Å². The van der Waals surface area contributed by atoms with Gasteiger partial charge in [-0.25, -0.2) is 9.18 Å². The molecule has 0 unspecified atom stereocenters. The number of esters is 1. The molecule has 0 aromatic heterocycles. The van der Waals surface area contributed by atoms with Crippen LogP contribution in [0.3, 0.4) is 0 Å². The van der Waals surface area contributed by atoms with Crippen LogP contribution in [0.2, 0.25) is 0 Å². The molecule has 0 spiro atoms. The highest BCUT2D eigenvalue weighted by Crippen LogP contribution is 2.24. The molecule has 1 atom stereocenters. The van der Waals surface area contributed by atoms with Crippen LogP contribution in [-0.2, 0) is 9.53 Å². The van der Waals surface area contributed by atoms with E-state index in [0.29, 0.717) is 11.4 Å². The van der Waals surface area contributed by atoms with Crippen LogP contribution in [0, 0.1) is 5.82 Å². The first-order chi connectivity index (χ1) is 11.4. The van der Waals surface area contributed by atoms with Gasteiger partial charge in [0, 0.05) is 4.47 Å². The molecule has 1 N–H and O–H groups in total. The van der Waals surface area contributed by atoms with Gasteiger partial charge in [0.15, 0.2) is 6.10 Å². The van der Waals surface area contributed by atoms with Gasteiger partial charge in [-0.2, -0.15) is 0 Å². The summed E-state index contributed by atoms with van der Waals surface area (Å²) in [5.41, 5.74) is 0.601. The molecule has 0 saturated heterocycles. The molecule has 2 rings (SSSR count). The lowest BCUT2D eigenvalue weighted by Crippen LogP contribution is -2.30. The quantitative estimate of drug-likeness (QED) is 0.782. The van der Waals surface area contributed by atoms with E-state index in [1.807, 2.05) is 0 Å². The number of methoxy groups -OCH3 is 1. The lowest BCUT2D eigenvalue weighted by Gasteiger charge is -2.15. The van der Waals surface area contributed by atoms with Crippen LogP contribution in [-0.4, -0.2) is 25.1 Å². The van der Waals surface area contributed by atoms with Crippen LogP contribution in [0.4, 0.5) is 10.1 Å². The van der Waals surface area contributed by atoms with Gasteiger partial charge < -0.3 is 14.8 Å². The average Bonchev–Trinajstić information content (AvgIpc) is 2.55. The Morgan fingerprint density at radius 1 is 1.21 bits per heavy atom. The number of ether oxygens (including phenoxy) is 2. The third-order valence-corrected chi connectivity index (χ3v) is 3.83. The number of carbonyl (C=O) groups is 2. The molecule has 1 amide bonds. The fraction of sp³-hybridized carbons (Fsp3) is 0.176. The molecule has 0 aliphatic rings.